The van der Waals surface area contributed by atoms with Gasteiger partial charge in [-0.15, -0.1) is 0 Å². The van der Waals surface area contributed by atoms with Crippen molar-refractivity contribution in [2.45, 2.75) is 0 Å². The van der Waals surface area contributed by atoms with Gasteiger partial charge in [-0.2, -0.15) is 5.01 Å². The molecule has 2 N–H and O–H groups in total. The number of rotatable bonds is 3. The molecular formula is C17H12N4O2. The number of benzene rings is 2. The number of nitrogens with zero attached hydrogens (tertiary/aromatic N) is 2. The van der Waals surface area contributed by atoms with E-state index in [0.29, 0.717) is 5.69 Å². The number of hydrogen-bond donors (Lipinski definition) is 2. The minimum absolute atomic E-state index is 0.378. The Morgan fingerprint density at radius 2 is 1.61 bits per heavy atom. The molecule has 0 fully saturated rings. The lowest BCUT2D eigenvalue weighted by molar-refractivity contribution is -0.135. The summed E-state index contributed by atoms with van der Waals surface area (Å²) >= 11 is 0. The Kier molecular flexibility index (Phi) is 2.94. The molecule has 2 aromatic carbocycles. The monoisotopic (exact) mass is 304 g/mol. The summed E-state index contributed by atoms with van der Waals surface area (Å²) in [5, 5.41) is 0.968. The maximum Gasteiger partial charge on any atom is 0.272 e. The molecule has 1 aliphatic rings. The molecule has 2 amide bonds. The second kappa shape index (κ2) is 5.10. The summed E-state index contributed by atoms with van der Waals surface area (Å²) in [7, 11) is 0. The fourth-order valence-corrected chi connectivity index (χ4v) is 2.43. The highest BCUT2D eigenvalue weighted by atomic mass is 16.2. The smallest absolute Gasteiger partial charge is 0.272 e. The first-order valence-electron chi connectivity index (χ1n) is 7.09. The molecule has 6 heteroatoms. The van der Waals surface area contributed by atoms with Gasteiger partial charge in [-0.25, -0.2) is 4.98 Å². The third-order valence-electron chi connectivity index (χ3n) is 3.60. The average molecular weight is 304 g/mol. The van der Waals surface area contributed by atoms with Crippen LogP contribution in [0.4, 0.5) is 5.69 Å². The summed E-state index contributed by atoms with van der Waals surface area (Å²) in [6.45, 7) is 0. The molecule has 6 nitrogen and oxygen atoms in total. The second-order valence-corrected chi connectivity index (χ2v) is 5.14. The lowest BCUT2D eigenvalue weighted by Crippen LogP contribution is -2.35. The van der Waals surface area contributed by atoms with Gasteiger partial charge in [0, 0.05) is 17.7 Å². The molecule has 4 rings (SSSR count). The molecule has 0 unspecified atom stereocenters. The van der Waals surface area contributed by atoms with Gasteiger partial charge in [-0.3, -0.25) is 15.0 Å². The summed E-state index contributed by atoms with van der Waals surface area (Å²) in [6, 6.07) is 15.1. The Labute approximate surface area is 131 Å². The van der Waals surface area contributed by atoms with Crippen LogP contribution in [-0.4, -0.2) is 26.8 Å². The van der Waals surface area contributed by atoms with Crippen LogP contribution >= 0.6 is 0 Å². The second-order valence-electron chi connectivity index (χ2n) is 5.14. The molecule has 112 valence electrons. The molecule has 0 saturated carbocycles. The number of imide groups is 1. The molecule has 0 aliphatic carbocycles. The van der Waals surface area contributed by atoms with Crippen molar-refractivity contribution in [3.05, 3.63) is 60.7 Å². The average Bonchev–Trinajstić information content (AvgIpc) is 3.14. The van der Waals surface area contributed by atoms with E-state index in [0.717, 1.165) is 27.4 Å². The molecule has 0 atom stereocenters. The van der Waals surface area contributed by atoms with Crippen LogP contribution in [0.15, 0.2) is 60.7 Å². The maximum absolute atomic E-state index is 11.5. The van der Waals surface area contributed by atoms with E-state index in [4.69, 9.17) is 0 Å². The van der Waals surface area contributed by atoms with Crippen molar-refractivity contribution in [3.8, 4) is 11.4 Å². The molecule has 1 aromatic heterocycles. The number of carbonyl (C=O) groups is 2. The Morgan fingerprint density at radius 1 is 0.913 bits per heavy atom. The predicted octanol–water partition coefficient (Wildman–Crippen LogP) is 2.48. The van der Waals surface area contributed by atoms with Crippen molar-refractivity contribution in [1.82, 2.24) is 15.0 Å². The number of hydrogen-bond acceptors (Lipinski definition) is 4. The molecule has 3 aromatic rings. The third kappa shape index (κ3) is 2.36. The summed E-state index contributed by atoms with van der Waals surface area (Å²) in [5.41, 5.74) is 6.24. The number of aromatic nitrogens is 2. The molecule has 0 bridgehead atoms. The van der Waals surface area contributed by atoms with E-state index in [9.17, 15) is 9.59 Å². The predicted molar refractivity (Wildman–Crippen MR) is 86.1 cm³/mol. The lowest BCUT2D eigenvalue weighted by Gasteiger charge is -2.16. The van der Waals surface area contributed by atoms with E-state index < -0.39 is 0 Å². The van der Waals surface area contributed by atoms with Gasteiger partial charge in [-0.05, 0) is 36.4 Å². The Bertz CT molecular complexity index is 890. The number of hydrazine groups is 1. The first-order chi connectivity index (χ1) is 11.2. The van der Waals surface area contributed by atoms with Crippen molar-refractivity contribution in [2.24, 2.45) is 0 Å². The van der Waals surface area contributed by atoms with E-state index in [1.165, 1.54) is 12.2 Å². The van der Waals surface area contributed by atoms with Gasteiger partial charge in [0.2, 0.25) is 0 Å². The number of para-hydroxylation sites is 2. The molecule has 0 radical (unpaired) electrons. The van der Waals surface area contributed by atoms with E-state index in [1.54, 1.807) is 12.1 Å². The molecule has 2 heterocycles. The van der Waals surface area contributed by atoms with Crippen LogP contribution in [0, 0.1) is 0 Å². The van der Waals surface area contributed by atoms with Gasteiger partial charge in [-0.1, -0.05) is 12.1 Å². The van der Waals surface area contributed by atoms with Gasteiger partial charge >= 0.3 is 0 Å². The van der Waals surface area contributed by atoms with Crippen molar-refractivity contribution in [1.29, 1.82) is 0 Å². The highest BCUT2D eigenvalue weighted by molar-refractivity contribution is 6.13. The third-order valence-corrected chi connectivity index (χ3v) is 3.60. The summed E-state index contributed by atoms with van der Waals surface area (Å²) in [4.78, 5) is 30.8. The molecule has 0 saturated heterocycles. The van der Waals surface area contributed by atoms with Crippen LogP contribution in [0.3, 0.4) is 0 Å². The van der Waals surface area contributed by atoms with Crippen LogP contribution in [0.5, 0.6) is 0 Å². The Balaban J connectivity index is 1.58. The van der Waals surface area contributed by atoms with Crippen LogP contribution < -0.4 is 5.43 Å². The quantitative estimate of drug-likeness (QED) is 0.729. The minimum Gasteiger partial charge on any atom is -0.338 e. The Hall–Kier alpha value is -3.41. The molecular weight excluding hydrogens is 292 g/mol. The first-order valence-corrected chi connectivity index (χ1v) is 7.09. The highest BCUT2D eigenvalue weighted by Gasteiger charge is 2.23. The number of carbonyl (C=O) groups excluding carboxylic acids is 2. The van der Waals surface area contributed by atoms with Gasteiger partial charge < -0.3 is 4.98 Å². The van der Waals surface area contributed by atoms with Crippen LogP contribution in [0.2, 0.25) is 0 Å². The largest absolute Gasteiger partial charge is 0.338 e. The van der Waals surface area contributed by atoms with Crippen LogP contribution in [0.1, 0.15) is 0 Å². The van der Waals surface area contributed by atoms with E-state index in [1.807, 2.05) is 36.4 Å². The Morgan fingerprint density at radius 3 is 2.30 bits per heavy atom. The number of fused-ring (bicyclic) bond motifs is 1. The van der Waals surface area contributed by atoms with Gasteiger partial charge in [0.25, 0.3) is 11.8 Å². The zero-order valence-corrected chi connectivity index (χ0v) is 12.0. The molecule has 23 heavy (non-hydrogen) atoms. The van der Waals surface area contributed by atoms with Crippen LogP contribution in [0.25, 0.3) is 22.4 Å². The van der Waals surface area contributed by atoms with Gasteiger partial charge in [0.15, 0.2) is 0 Å². The fourth-order valence-electron chi connectivity index (χ4n) is 2.43. The summed E-state index contributed by atoms with van der Waals surface area (Å²) < 4.78 is 0. The zero-order chi connectivity index (χ0) is 15.8. The fraction of sp³-hybridized carbons (Fsp3) is 0. The number of anilines is 1. The highest BCUT2D eigenvalue weighted by Crippen LogP contribution is 2.22. The number of aromatic amines is 1. The molecule has 0 spiro atoms. The van der Waals surface area contributed by atoms with Crippen molar-refractivity contribution < 1.29 is 9.59 Å². The zero-order valence-electron chi connectivity index (χ0n) is 12.0. The van der Waals surface area contributed by atoms with Crippen molar-refractivity contribution >= 4 is 28.5 Å². The van der Waals surface area contributed by atoms with Crippen molar-refractivity contribution in [3.63, 3.8) is 0 Å². The first kappa shape index (κ1) is 13.3. The summed E-state index contributed by atoms with van der Waals surface area (Å²) in [6.07, 6.45) is 2.47. The van der Waals surface area contributed by atoms with E-state index in [-0.39, 0.29) is 11.8 Å². The minimum atomic E-state index is -0.378. The normalized spacial score (nSPS) is 14.0. The van der Waals surface area contributed by atoms with Crippen molar-refractivity contribution in [2.75, 3.05) is 5.43 Å². The topological polar surface area (TPSA) is 78.1 Å². The maximum atomic E-state index is 11.5. The number of H-pyrrole nitrogens is 1. The SMILES string of the molecule is O=C1C=CC(=O)N1Nc1ccc(-c2nc3ccccc3[nH]2)cc1. The number of nitrogens with one attached hydrogen (secondary N) is 2. The molecule has 1 aliphatic heterocycles. The van der Waals surface area contributed by atoms with E-state index in [2.05, 4.69) is 15.4 Å². The van der Waals surface area contributed by atoms with Gasteiger partial charge in [0.05, 0.1) is 16.7 Å². The standard InChI is InChI=1S/C17H12N4O2/c22-15-9-10-16(23)21(15)20-12-7-5-11(6-8-12)17-18-13-3-1-2-4-14(13)19-17/h1-10,20H,(H,18,19). The lowest BCUT2D eigenvalue weighted by atomic mass is 10.2. The van der Waals surface area contributed by atoms with Gasteiger partial charge in [0.1, 0.15) is 5.82 Å². The van der Waals surface area contributed by atoms with E-state index >= 15 is 0 Å². The summed E-state index contributed by atoms with van der Waals surface area (Å²) in [5.74, 6) is 0.0143. The number of imidazole rings is 1. The van der Waals surface area contributed by atoms with Crippen LogP contribution in [-0.2, 0) is 9.59 Å². The number of amides is 2.